The van der Waals surface area contributed by atoms with Crippen LogP contribution in [0.2, 0.25) is 5.02 Å². The van der Waals surface area contributed by atoms with Crippen LogP contribution >= 0.6 is 11.6 Å². The Labute approximate surface area is 106 Å². The molecule has 0 bridgehead atoms. The minimum absolute atomic E-state index is 0.176. The van der Waals surface area contributed by atoms with E-state index in [9.17, 15) is 0 Å². The van der Waals surface area contributed by atoms with Crippen LogP contribution in [-0.2, 0) is 12.5 Å². The van der Waals surface area contributed by atoms with Gasteiger partial charge < -0.3 is 10.3 Å². The zero-order valence-corrected chi connectivity index (χ0v) is 11.0. The molecule has 1 atom stereocenters. The summed E-state index contributed by atoms with van der Waals surface area (Å²) in [4.78, 5) is 0. The highest BCUT2D eigenvalue weighted by atomic mass is 35.5. The topological polar surface area (TPSA) is 30.9 Å². The summed E-state index contributed by atoms with van der Waals surface area (Å²) in [5, 5.41) is 1.96. The van der Waals surface area contributed by atoms with E-state index < -0.39 is 0 Å². The summed E-state index contributed by atoms with van der Waals surface area (Å²) in [7, 11) is 2.05. The molecule has 0 radical (unpaired) electrons. The van der Waals surface area contributed by atoms with Crippen LogP contribution in [0.25, 0.3) is 10.9 Å². The summed E-state index contributed by atoms with van der Waals surface area (Å²) in [5.74, 6) is 0. The highest BCUT2D eigenvalue weighted by molar-refractivity contribution is 6.35. The third kappa shape index (κ3) is 1.44. The molecule has 1 unspecified atom stereocenters. The molecule has 1 aromatic heterocycles. The van der Waals surface area contributed by atoms with Crippen molar-refractivity contribution in [2.24, 2.45) is 12.8 Å². The van der Waals surface area contributed by atoms with E-state index in [1.165, 1.54) is 23.9 Å². The first-order chi connectivity index (χ1) is 8.06. The van der Waals surface area contributed by atoms with E-state index in [4.69, 9.17) is 17.3 Å². The number of aryl methyl sites for hydroxylation is 1. The van der Waals surface area contributed by atoms with Gasteiger partial charge in [-0.2, -0.15) is 0 Å². The van der Waals surface area contributed by atoms with E-state index in [0.29, 0.717) is 0 Å². The number of rotatable bonds is 2. The minimum atomic E-state index is 0.176. The van der Waals surface area contributed by atoms with Crippen molar-refractivity contribution in [3.63, 3.8) is 0 Å². The lowest BCUT2D eigenvalue weighted by Crippen LogP contribution is -2.31. The maximum Gasteiger partial charge on any atom is 0.0661 e. The first-order valence-corrected chi connectivity index (χ1v) is 6.44. The molecule has 3 rings (SSSR count). The van der Waals surface area contributed by atoms with E-state index in [0.717, 1.165) is 10.4 Å². The number of nitrogens with two attached hydrogens (primary N) is 1. The number of nitrogens with zero attached hydrogens (tertiary/aromatic N) is 1. The monoisotopic (exact) mass is 248 g/mol. The second-order valence-electron chi connectivity index (χ2n) is 5.23. The van der Waals surface area contributed by atoms with Gasteiger partial charge in [-0.05, 0) is 25.3 Å². The number of fused-ring (bicyclic) bond motifs is 1. The summed E-state index contributed by atoms with van der Waals surface area (Å²) in [5.41, 5.74) is 8.95. The summed E-state index contributed by atoms with van der Waals surface area (Å²) in [6, 6.07) is 6.57. The molecule has 17 heavy (non-hydrogen) atoms. The van der Waals surface area contributed by atoms with Crippen LogP contribution in [0.5, 0.6) is 0 Å². The molecular weight excluding hydrogens is 232 g/mol. The van der Waals surface area contributed by atoms with E-state index in [1.807, 2.05) is 6.20 Å². The van der Waals surface area contributed by atoms with Crippen molar-refractivity contribution >= 4 is 22.5 Å². The number of para-hydroxylation sites is 1. The molecule has 1 heterocycles. The number of hydrogen-bond donors (Lipinski definition) is 1. The smallest absolute Gasteiger partial charge is 0.0661 e. The number of benzene rings is 1. The van der Waals surface area contributed by atoms with E-state index in [-0.39, 0.29) is 11.5 Å². The van der Waals surface area contributed by atoms with Crippen molar-refractivity contribution in [1.29, 1.82) is 0 Å². The third-order valence-corrected chi connectivity index (χ3v) is 4.45. The van der Waals surface area contributed by atoms with Gasteiger partial charge in [0, 0.05) is 30.1 Å². The maximum absolute atomic E-state index is 6.25. The molecule has 0 saturated heterocycles. The third-order valence-electron chi connectivity index (χ3n) is 4.15. The number of hydrogen-bond acceptors (Lipinski definition) is 1. The van der Waals surface area contributed by atoms with E-state index in [2.05, 4.69) is 36.7 Å². The van der Waals surface area contributed by atoms with Gasteiger partial charge in [0.05, 0.1) is 10.5 Å². The van der Waals surface area contributed by atoms with Crippen molar-refractivity contribution in [3.8, 4) is 0 Å². The lowest BCUT2D eigenvalue weighted by atomic mass is 9.88. The van der Waals surface area contributed by atoms with Crippen LogP contribution in [0.4, 0.5) is 0 Å². The Morgan fingerprint density at radius 2 is 2.12 bits per heavy atom. The van der Waals surface area contributed by atoms with Crippen molar-refractivity contribution < 1.29 is 0 Å². The molecule has 90 valence electrons. The average molecular weight is 249 g/mol. The average Bonchev–Trinajstić information content (AvgIpc) is 3.04. The fourth-order valence-corrected chi connectivity index (χ4v) is 3.23. The van der Waals surface area contributed by atoms with Gasteiger partial charge in [0.1, 0.15) is 0 Å². The van der Waals surface area contributed by atoms with Crippen LogP contribution in [0.1, 0.15) is 25.3 Å². The van der Waals surface area contributed by atoms with Gasteiger partial charge in [0.15, 0.2) is 0 Å². The predicted octanol–water partition coefficient (Wildman–Crippen LogP) is 3.21. The molecule has 0 amide bonds. The Bertz CT molecular complexity index is 579. The van der Waals surface area contributed by atoms with Crippen LogP contribution in [0.15, 0.2) is 24.4 Å². The van der Waals surface area contributed by atoms with Crippen molar-refractivity contribution in [3.05, 3.63) is 35.0 Å². The lowest BCUT2D eigenvalue weighted by molar-refractivity contribution is 0.558. The zero-order valence-electron chi connectivity index (χ0n) is 10.2. The predicted molar refractivity (Wildman–Crippen MR) is 72.5 cm³/mol. The zero-order chi connectivity index (χ0) is 12.2. The normalized spacial score (nSPS) is 19.5. The minimum Gasteiger partial charge on any atom is -0.349 e. The van der Waals surface area contributed by atoms with Gasteiger partial charge in [-0.1, -0.05) is 29.8 Å². The Morgan fingerprint density at radius 1 is 1.41 bits per heavy atom. The van der Waals surface area contributed by atoms with E-state index in [1.54, 1.807) is 0 Å². The molecule has 2 nitrogen and oxygen atoms in total. The quantitative estimate of drug-likeness (QED) is 0.869. The molecule has 1 aliphatic rings. The lowest BCUT2D eigenvalue weighted by Gasteiger charge is -2.21. The highest BCUT2D eigenvalue weighted by Crippen LogP contribution is 2.52. The molecule has 2 aromatic rings. The summed E-state index contributed by atoms with van der Waals surface area (Å²) >= 11 is 6.25. The number of aromatic nitrogens is 1. The Kier molecular flexibility index (Phi) is 2.29. The molecular formula is C14H17ClN2. The SMILES string of the molecule is CC(N)C1(c2cccc3c(Cl)cn(C)c23)CC1. The Hall–Kier alpha value is -0.990. The van der Waals surface area contributed by atoms with E-state index >= 15 is 0 Å². The van der Waals surface area contributed by atoms with Gasteiger partial charge in [0.25, 0.3) is 0 Å². The van der Waals surface area contributed by atoms with Gasteiger partial charge >= 0.3 is 0 Å². The second kappa shape index (κ2) is 3.50. The summed E-state index contributed by atoms with van der Waals surface area (Å²) < 4.78 is 2.12. The van der Waals surface area contributed by atoms with Crippen LogP contribution in [0, 0.1) is 0 Å². The second-order valence-corrected chi connectivity index (χ2v) is 5.64. The highest BCUT2D eigenvalue weighted by Gasteiger charge is 2.48. The largest absolute Gasteiger partial charge is 0.349 e. The van der Waals surface area contributed by atoms with Crippen LogP contribution < -0.4 is 5.73 Å². The first kappa shape index (κ1) is 11.1. The van der Waals surface area contributed by atoms with Crippen LogP contribution in [-0.4, -0.2) is 10.6 Å². The molecule has 1 fully saturated rings. The molecule has 1 aromatic carbocycles. The standard InChI is InChI=1S/C14H17ClN2/c1-9(16)14(6-7-14)11-5-3-4-10-12(15)8-17(2)13(10)11/h3-5,8-9H,6-7,16H2,1-2H3. The molecule has 1 aliphatic carbocycles. The maximum atomic E-state index is 6.25. The van der Waals surface area contributed by atoms with Crippen molar-refractivity contribution in [1.82, 2.24) is 4.57 Å². The summed E-state index contributed by atoms with van der Waals surface area (Å²) in [6.45, 7) is 2.11. The van der Waals surface area contributed by atoms with Crippen molar-refractivity contribution in [2.45, 2.75) is 31.2 Å². The molecule has 0 spiro atoms. The molecule has 0 aliphatic heterocycles. The molecule has 2 N–H and O–H groups in total. The van der Waals surface area contributed by atoms with Gasteiger partial charge in [0.2, 0.25) is 0 Å². The molecule has 1 saturated carbocycles. The van der Waals surface area contributed by atoms with Gasteiger partial charge in [-0.15, -0.1) is 0 Å². The Morgan fingerprint density at radius 3 is 2.71 bits per heavy atom. The fourth-order valence-electron chi connectivity index (χ4n) is 2.93. The van der Waals surface area contributed by atoms with Crippen molar-refractivity contribution in [2.75, 3.05) is 0 Å². The fraction of sp³-hybridized carbons (Fsp3) is 0.429. The summed E-state index contributed by atoms with van der Waals surface area (Å²) in [6.07, 6.45) is 4.35. The Balaban J connectivity index is 2.31. The van der Waals surface area contributed by atoms with Gasteiger partial charge in [-0.25, -0.2) is 0 Å². The number of halogens is 1. The van der Waals surface area contributed by atoms with Crippen LogP contribution in [0.3, 0.4) is 0 Å². The first-order valence-electron chi connectivity index (χ1n) is 6.06. The molecule has 3 heteroatoms. The van der Waals surface area contributed by atoms with Gasteiger partial charge in [-0.3, -0.25) is 0 Å².